The number of rotatable bonds is 11. The average Bonchev–Trinajstić information content (AvgIpc) is 2.63. The zero-order valence-electron chi connectivity index (χ0n) is 17.5. The van der Waals surface area contributed by atoms with Crippen LogP contribution in [-0.4, -0.2) is 83.8 Å². The zero-order chi connectivity index (χ0) is 21.3. The molecular weight excluding hydrogens is 366 g/mol. The van der Waals surface area contributed by atoms with Crippen molar-refractivity contribution in [2.75, 3.05) is 39.5 Å². The van der Waals surface area contributed by atoms with E-state index in [2.05, 4.69) is 0 Å². The first-order valence-corrected chi connectivity index (χ1v) is 10.2. The van der Waals surface area contributed by atoms with E-state index in [9.17, 15) is 24.9 Å². The lowest BCUT2D eigenvalue weighted by Crippen LogP contribution is -2.54. The van der Waals surface area contributed by atoms with Crippen LogP contribution in [0.3, 0.4) is 0 Å². The maximum absolute atomic E-state index is 12.7. The Balaban J connectivity index is 2.99. The number of hydrogen-bond acceptors (Lipinski definition) is 8. The van der Waals surface area contributed by atoms with Crippen LogP contribution in [-0.2, 0) is 19.1 Å². The minimum Gasteiger partial charge on any atom is -0.465 e. The van der Waals surface area contributed by atoms with Gasteiger partial charge in [0.15, 0.2) is 0 Å². The van der Waals surface area contributed by atoms with Crippen LogP contribution in [0.2, 0.25) is 0 Å². The van der Waals surface area contributed by atoms with E-state index < -0.39 is 35.9 Å². The first kappa shape index (κ1) is 24.8. The van der Waals surface area contributed by atoms with Gasteiger partial charge in [0.05, 0.1) is 44.4 Å². The van der Waals surface area contributed by atoms with Crippen LogP contribution in [0.4, 0.5) is 0 Å². The highest BCUT2D eigenvalue weighted by atomic mass is 16.5. The summed E-state index contributed by atoms with van der Waals surface area (Å²) in [6.07, 6.45) is -0.584. The molecule has 8 nitrogen and oxygen atoms in total. The standard InChI is InChI=1S/C20H37NO7/c1-13(2)11-27-19(25)15-9-17(21(5-7-22)6-8-23)18(24)10-16(15)20(26)28-12-14(3)4/h13-18,22-24H,5-12H2,1-4H3. The predicted octanol–water partition coefficient (Wildman–Crippen LogP) is 0.427. The van der Waals surface area contributed by atoms with E-state index in [4.69, 9.17) is 9.47 Å². The molecule has 1 fully saturated rings. The fourth-order valence-electron chi connectivity index (χ4n) is 3.49. The zero-order valence-corrected chi connectivity index (χ0v) is 17.5. The highest BCUT2D eigenvalue weighted by Crippen LogP contribution is 2.35. The van der Waals surface area contributed by atoms with Crippen molar-refractivity contribution >= 4 is 11.9 Å². The maximum atomic E-state index is 12.7. The number of nitrogens with zero attached hydrogens (tertiary/aromatic N) is 1. The minimum absolute atomic E-state index is 0.0798. The van der Waals surface area contributed by atoms with Crippen molar-refractivity contribution in [1.82, 2.24) is 4.90 Å². The Morgan fingerprint density at radius 1 is 0.893 bits per heavy atom. The maximum Gasteiger partial charge on any atom is 0.309 e. The fourth-order valence-corrected chi connectivity index (χ4v) is 3.49. The molecule has 0 aromatic carbocycles. The lowest BCUT2D eigenvalue weighted by molar-refractivity contribution is -0.169. The summed E-state index contributed by atoms with van der Waals surface area (Å²) in [5.74, 6) is -2.12. The van der Waals surface area contributed by atoms with E-state index in [0.29, 0.717) is 0 Å². The van der Waals surface area contributed by atoms with Crippen LogP contribution in [0.15, 0.2) is 0 Å². The Morgan fingerprint density at radius 3 is 1.71 bits per heavy atom. The van der Waals surface area contributed by atoms with Gasteiger partial charge >= 0.3 is 11.9 Å². The SMILES string of the molecule is CC(C)COC(=O)C1CC(O)C(N(CCO)CCO)CC1C(=O)OCC(C)C. The average molecular weight is 404 g/mol. The molecule has 0 spiro atoms. The van der Waals surface area contributed by atoms with Crippen molar-refractivity contribution in [2.24, 2.45) is 23.7 Å². The quantitative estimate of drug-likeness (QED) is 0.425. The highest BCUT2D eigenvalue weighted by molar-refractivity contribution is 5.82. The monoisotopic (exact) mass is 403 g/mol. The van der Waals surface area contributed by atoms with Gasteiger partial charge in [-0.25, -0.2) is 0 Å². The summed E-state index contributed by atoms with van der Waals surface area (Å²) in [7, 11) is 0. The Hall–Kier alpha value is -1.22. The number of carbonyl (C=O) groups is 2. The molecule has 28 heavy (non-hydrogen) atoms. The Kier molecular flexibility index (Phi) is 11.0. The van der Waals surface area contributed by atoms with Gasteiger partial charge in [0.25, 0.3) is 0 Å². The van der Waals surface area contributed by atoms with E-state index in [1.54, 1.807) is 4.90 Å². The molecule has 4 atom stereocenters. The van der Waals surface area contributed by atoms with Crippen molar-refractivity contribution in [2.45, 2.75) is 52.7 Å². The Bertz CT molecular complexity index is 477. The molecule has 0 heterocycles. The van der Waals surface area contributed by atoms with Gasteiger partial charge < -0.3 is 24.8 Å². The highest BCUT2D eigenvalue weighted by Gasteiger charge is 2.46. The van der Waals surface area contributed by atoms with Gasteiger partial charge in [-0.3, -0.25) is 14.5 Å². The van der Waals surface area contributed by atoms with Gasteiger partial charge in [-0.15, -0.1) is 0 Å². The lowest BCUT2D eigenvalue weighted by atomic mass is 9.74. The molecule has 0 bridgehead atoms. The van der Waals surface area contributed by atoms with Crippen molar-refractivity contribution in [1.29, 1.82) is 0 Å². The summed E-state index contributed by atoms with van der Waals surface area (Å²) in [6.45, 7) is 8.48. The third-order valence-corrected chi connectivity index (χ3v) is 4.89. The topological polar surface area (TPSA) is 117 Å². The fraction of sp³-hybridized carbons (Fsp3) is 0.900. The van der Waals surface area contributed by atoms with E-state index in [-0.39, 0.29) is 64.2 Å². The van der Waals surface area contributed by atoms with Gasteiger partial charge in [0, 0.05) is 19.1 Å². The van der Waals surface area contributed by atoms with Crippen LogP contribution >= 0.6 is 0 Å². The van der Waals surface area contributed by atoms with E-state index >= 15 is 0 Å². The number of aliphatic hydroxyl groups excluding tert-OH is 3. The largest absolute Gasteiger partial charge is 0.465 e. The molecule has 0 aromatic heterocycles. The van der Waals surface area contributed by atoms with Crippen LogP contribution in [0, 0.1) is 23.7 Å². The number of hydrogen-bond donors (Lipinski definition) is 3. The second kappa shape index (κ2) is 12.4. The Morgan fingerprint density at radius 2 is 1.32 bits per heavy atom. The van der Waals surface area contributed by atoms with E-state index in [0.717, 1.165) is 0 Å². The smallest absolute Gasteiger partial charge is 0.309 e. The first-order chi connectivity index (χ1) is 13.2. The summed E-state index contributed by atoms with van der Waals surface area (Å²) in [5, 5.41) is 29.2. The lowest BCUT2D eigenvalue weighted by Gasteiger charge is -2.42. The normalized spacial score (nSPS) is 25.4. The summed E-state index contributed by atoms with van der Waals surface area (Å²) in [5.41, 5.74) is 0. The van der Waals surface area contributed by atoms with Crippen molar-refractivity contribution in [3.63, 3.8) is 0 Å². The molecule has 1 aliphatic carbocycles. The van der Waals surface area contributed by atoms with E-state index in [1.807, 2.05) is 27.7 Å². The molecule has 0 amide bonds. The van der Waals surface area contributed by atoms with Gasteiger partial charge in [-0.1, -0.05) is 27.7 Å². The molecule has 0 saturated heterocycles. The number of ether oxygens (including phenoxy) is 2. The summed E-state index contributed by atoms with van der Waals surface area (Å²) in [4.78, 5) is 27.1. The first-order valence-electron chi connectivity index (χ1n) is 10.2. The molecule has 1 rings (SSSR count). The molecule has 0 aromatic rings. The number of esters is 2. The molecule has 1 aliphatic rings. The molecule has 0 radical (unpaired) electrons. The summed E-state index contributed by atoms with van der Waals surface area (Å²) < 4.78 is 10.7. The molecule has 8 heteroatoms. The molecule has 4 unspecified atom stereocenters. The van der Waals surface area contributed by atoms with Gasteiger partial charge in [0.1, 0.15) is 0 Å². The van der Waals surface area contributed by atoms with Gasteiger partial charge in [-0.05, 0) is 24.7 Å². The third-order valence-electron chi connectivity index (χ3n) is 4.89. The van der Waals surface area contributed by atoms with E-state index in [1.165, 1.54) is 0 Å². The molecular formula is C20H37NO7. The second-order valence-electron chi connectivity index (χ2n) is 8.35. The molecule has 164 valence electrons. The van der Waals surface area contributed by atoms with Crippen LogP contribution in [0.25, 0.3) is 0 Å². The molecule has 0 aliphatic heterocycles. The summed E-state index contributed by atoms with van der Waals surface area (Å²) >= 11 is 0. The molecule has 1 saturated carbocycles. The molecule has 3 N–H and O–H groups in total. The predicted molar refractivity (Wildman–Crippen MR) is 103 cm³/mol. The van der Waals surface area contributed by atoms with Gasteiger partial charge in [0.2, 0.25) is 0 Å². The van der Waals surface area contributed by atoms with Crippen LogP contribution < -0.4 is 0 Å². The van der Waals surface area contributed by atoms with Crippen molar-refractivity contribution in [3.8, 4) is 0 Å². The van der Waals surface area contributed by atoms with Crippen molar-refractivity contribution < 1.29 is 34.4 Å². The number of aliphatic hydroxyl groups is 3. The second-order valence-corrected chi connectivity index (χ2v) is 8.35. The third kappa shape index (κ3) is 7.66. The van der Waals surface area contributed by atoms with Crippen molar-refractivity contribution in [3.05, 3.63) is 0 Å². The minimum atomic E-state index is -0.871. The van der Waals surface area contributed by atoms with Crippen LogP contribution in [0.5, 0.6) is 0 Å². The van der Waals surface area contributed by atoms with Crippen LogP contribution in [0.1, 0.15) is 40.5 Å². The van der Waals surface area contributed by atoms with Gasteiger partial charge in [-0.2, -0.15) is 0 Å². The Labute approximate surface area is 167 Å². The number of carbonyl (C=O) groups excluding carboxylic acids is 2. The summed E-state index contributed by atoms with van der Waals surface area (Å²) in [6, 6.07) is -0.454.